The number of allylic oxidation sites excluding steroid dienone is 5. The lowest BCUT2D eigenvalue weighted by molar-refractivity contribution is 0.913. The topological polar surface area (TPSA) is 36.1 Å². The highest BCUT2D eigenvalue weighted by atomic mass is 14.7. The van der Waals surface area contributed by atoms with Gasteiger partial charge in [0, 0.05) is 17.5 Å². The van der Waals surface area contributed by atoms with Gasteiger partial charge in [-0.05, 0) is 19.8 Å². The quantitative estimate of drug-likeness (QED) is 0.492. The Morgan fingerprint density at radius 2 is 2.07 bits per heavy atom. The molecule has 0 saturated carbocycles. The van der Waals surface area contributed by atoms with E-state index < -0.39 is 0 Å². The van der Waals surface area contributed by atoms with Gasteiger partial charge < -0.3 is 0 Å². The van der Waals surface area contributed by atoms with Crippen LogP contribution in [0.15, 0.2) is 41.1 Å². The summed E-state index contributed by atoms with van der Waals surface area (Å²) in [6.07, 6.45) is 7.20. The van der Waals surface area contributed by atoms with Crippen LogP contribution in [-0.4, -0.2) is 6.21 Å². The average molecular weight is 188 g/mol. The Kier molecular flexibility index (Phi) is 6.06. The van der Waals surface area contributed by atoms with E-state index in [0.29, 0.717) is 0 Å². The van der Waals surface area contributed by atoms with Crippen molar-refractivity contribution >= 4 is 6.21 Å². The largest absolute Gasteiger partial charge is 0.262 e. The zero-order chi connectivity index (χ0) is 11.0. The number of nitriles is 1. The van der Waals surface area contributed by atoms with Crippen LogP contribution < -0.4 is 0 Å². The van der Waals surface area contributed by atoms with E-state index in [1.165, 1.54) is 0 Å². The molecule has 0 aromatic carbocycles. The summed E-state index contributed by atoms with van der Waals surface area (Å²) in [5.74, 6) is 0.233. The highest BCUT2D eigenvalue weighted by molar-refractivity contribution is 5.71. The summed E-state index contributed by atoms with van der Waals surface area (Å²) in [5.41, 5.74) is 1.66. The zero-order valence-electron chi connectivity index (χ0n) is 8.99. The van der Waals surface area contributed by atoms with Crippen LogP contribution in [0, 0.1) is 17.2 Å². The molecule has 0 aromatic rings. The monoisotopic (exact) mass is 188 g/mol. The lowest BCUT2D eigenvalue weighted by atomic mass is 10.1. The van der Waals surface area contributed by atoms with Crippen molar-refractivity contribution in [1.29, 1.82) is 5.26 Å². The lowest BCUT2D eigenvalue weighted by Gasteiger charge is -1.99. The molecule has 0 amide bonds. The molecule has 0 N–H and O–H groups in total. The second-order valence-electron chi connectivity index (χ2n) is 3.14. The van der Waals surface area contributed by atoms with Crippen LogP contribution >= 0.6 is 0 Å². The van der Waals surface area contributed by atoms with Gasteiger partial charge in [-0.2, -0.15) is 5.26 Å². The van der Waals surface area contributed by atoms with Crippen molar-refractivity contribution in [2.75, 3.05) is 0 Å². The van der Waals surface area contributed by atoms with Gasteiger partial charge in [0.2, 0.25) is 0 Å². The molecule has 0 saturated heterocycles. The van der Waals surface area contributed by atoms with E-state index in [-0.39, 0.29) is 5.92 Å². The van der Waals surface area contributed by atoms with Crippen molar-refractivity contribution in [1.82, 2.24) is 0 Å². The molecule has 0 spiro atoms. The fourth-order valence-corrected chi connectivity index (χ4v) is 1.07. The van der Waals surface area contributed by atoms with Gasteiger partial charge in [0.25, 0.3) is 0 Å². The molecule has 74 valence electrons. The Bertz CT molecular complexity index is 314. The van der Waals surface area contributed by atoms with E-state index in [9.17, 15) is 0 Å². The van der Waals surface area contributed by atoms with Crippen molar-refractivity contribution < 1.29 is 0 Å². The minimum absolute atomic E-state index is 0.233. The molecule has 0 aromatic heterocycles. The number of nitrogens with zero attached hydrogens (tertiary/aromatic N) is 2. The van der Waals surface area contributed by atoms with E-state index in [1.807, 2.05) is 26.0 Å². The van der Waals surface area contributed by atoms with Crippen LogP contribution in [0.4, 0.5) is 0 Å². The predicted octanol–water partition coefficient (Wildman–Crippen LogP) is 3.25. The molecule has 0 bridgehead atoms. The minimum Gasteiger partial charge on any atom is -0.262 e. The summed E-state index contributed by atoms with van der Waals surface area (Å²) in [6.45, 7) is 9.28. The smallest absolute Gasteiger partial charge is 0.0940 e. The molecule has 1 atom stereocenters. The number of rotatable bonds is 4. The fourth-order valence-electron chi connectivity index (χ4n) is 1.07. The maximum Gasteiger partial charge on any atom is 0.0940 e. The summed E-state index contributed by atoms with van der Waals surface area (Å²) < 4.78 is 0. The summed E-state index contributed by atoms with van der Waals surface area (Å²) >= 11 is 0. The van der Waals surface area contributed by atoms with E-state index in [2.05, 4.69) is 17.6 Å². The first-order valence-corrected chi connectivity index (χ1v) is 4.52. The molecule has 0 aliphatic carbocycles. The van der Waals surface area contributed by atoms with Crippen molar-refractivity contribution in [2.24, 2.45) is 10.9 Å². The van der Waals surface area contributed by atoms with Crippen LogP contribution in [-0.2, 0) is 0 Å². The molecule has 0 radical (unpaired) electrons. The summed E-state index contributed by atoms with van der Waals surface area (Å²) in [6, 6.07) is 2.09. The van der Waals surface area contributed by atoms with E-state index in [4.69, 9.17) is 5.26 Å². The van der Waals surface area contributed by atoms with Crippen molar-refractivity contribution in [2.45, 2.75) is 20.8 Å². The molecule has 2 heteroatoms. The first-order chi connectivity index (χ1) is 6.60. The molecule has 1 unspecified atom stereocenters. The fraction of sp³-hybridized carbons (Fsp3) is 0.333. The molecule has 0 fully saturated rings. The van der Waals surface area contributed by atoms with Gasteiger partial charge in [-0.1, -0.05) is 31.7 Å². The lowest BCUT2D eigenvalue weighted by Crippen LogP contribution is -1.86. The third-order valence-corrected chi connectivity index (χ3v) is 1.58. The van der Waals surface area contributed by atoms with Crippen LogP contribution in [0.3, 0.4) is 0 Å². The molecular formula is C12H16N2. The van der Waals surface area contributed by atoms with Crippen LogP contribution in [0.25, 0.3) is 0 Å². The Balaban J connectivity index is 4.44. The van der Waals surface area contributed by atoms with Gasteiger partial charge in [0.05, 0.1) is 6.07 Å². The van der Waals surface area contributed by atoms with Gasteiger partial charge in [-0.3, -0.25) is 4.99 Å². The molecule has 14 heavy (non-hydrogen) atoms. The Hall–Kier alpha value is -1.62. The molecule has 0 aliphatic heterocycles. The number of hydrogen-bond donors (Lipinski definition) is 0. The van der Waals surface area contributed by atoms with Gasteiger partial charge in [0.1, 0.15) is 0 Å². The SMILES string of the molecule is C=C/C=N\C(C)=C/C(C)/C=C(/C)C#N. The second-order valence-corrected chi connectivity index (χ2v) is 3.14. The van der Waals surface area contributed by atoms with Crippen molar-refractivity contribution in [3.63, 3.8) is 0 Å². The van der Waals surface area contributed by atoms with Crippen molar-refractivity contribution in [3.8, 4) is 6.07 Å². The first-order valence-electron chi connectivity index (χ1n) is 4.52. The third-order valence-electron chi connectivity index (χ3n) is 1.58. The summed E-state index contributed by atoms with van der Waals surface area (Å²) in [4.78, 5) is 4.12. The zero-order valence-corrected chi connectivity index (χ0v) is 8.99. The summed E-state index contributed by atoms with van der Waals surface area (Å²) in [7, 11) is 0. The molecule has 0 rings (SSSR count). The maximum absolute atomic E-state index is 8.58. The van der Waals surface area contributed by atoms with Gasteiger partial charge in [-0.25, -0.2) is 0 Å². The van der Waals surface area contributed by atoms with Gasteiger partial charge in [-0.15, -0.1) is 0 Å². The van der Waals surface area contributed by atoms with Gasteiger partial charge >= 0.3 is 0 Å². The normalized spacial score (nSPS) is 15.3. The molecule has 0 aliphatic rings. The highest BCUT2D eigenvalue weighted by Crippen LogP contribution is 2.07. The van der Waals surface area contributed by atoms with Gasteiger partial charge in [0.15, 0.2) is 0 Å². The van der Waals surface area contributed by atoms with E-state index in [1.54, 1.807) is 19.2 Å². The average Bonchev–Trinajstić information content (AvgIpc) is 2.14. The molecule has 0 heterocycles. The van der Waals surface area contributed by atoms with Crippen LogP contribution in [0.5, 0.6) is 0 Å². The third kappa shape index (κ3) is 5.96. The Morgan fingerprint density at radius 1 is 1.43 bits per heavy atom. The number of hydrogen-bond acceptors (Lipinski definition) is 2. The minimum atomic E-state index is 0.233. The highest BCUT2D eigenvalue weighted by Gasteiger charge is 1.94. The Labute approximate surface area is 86.0 Å². The van der Waals surface area contributed by atoms with Crippen LogP contribution in [0.2, 0.25) is 0 Å². The second kappa shape index (κ2) is 6.85. The number of aliphatic imine (C=N–C) groups is 1. The Morgan fingerprint density at radius 3 is 2.57 bits per heavy atom. The maximum atomic E-state index is 8.58. The standard InChI is InChI=1S/C12H16N2/c1-5-6-14-12(4)8-10(2)7-11(3)9-13/h5-8,10H,1H2,2-4H3/b11-7-,12-8-,14-6-. The first kappa shape index (κ1) is 12.4. The van der Waals surface area contributed by atoms with Crippen LogP contribution in [0.1, 0.15) is 20.8 Å². The molecule has 2 nitrogen and oxygen atoms in total. The summed E-state index contributed by atoms with van der Waals surface area (Å²) in [5, 5.41) is 8.58. The molecular weight excluding hydrogens is 172 g/mol. The van der Waals surface area contributed by atoms with E-state index >= 15 is 0 Å². The predicted molar refractivity (Wildman–Crippen MR) is 61.0 cm³/mol. The van der Waals surface area contributed by atoms with E-state index in [0.717, 1.165) is 11.3 Å². The van der Waals surface area contributed by atoms with Crippen molar-refractivity contribution in [3.05, 3.63) is 36.1 Å².